The van der Waals surface area contributed by atoms with Gasteiger partial charge in [-0.05, 0) is 37.5 Å². The lowest BCUT2D eigenvalue weighted by molar-refractivity contribution is 0.415. The fourth-order valence-corrected chi connectivity index (χ4v) is 5.06. The molecule has 29 heavy (non-hydrogen) atoms. The molecule has 0 spiro atoms. The van der Waals surface area contributed by atoms with Gasteiger partial charge in [0, 0.05) is 49.3 Å². The molecule has 152 valence electrons. The molecule has 3 aromatic rings. The van der Waals surface area contributed by atoms with Gasteiger partial charge in [-0.25, -0.2) is 14.3 Å². The van der Waals surface area contributed by atoms with Crippen molar-refractivity contribution in [2.75, 3.05) is 38.2 Å². The topological polar surface area (TPSA) is 45.9 Å². The molecular weight excluding hydrogens is 406 g/mol. The summed E-state index contributed by atoms with van der Waals surface area (Å²) in [5, 5.41) is 1.46. The molecule has 0 unspecified atom stereocenters. The highest BCUT2D eigenvalue weighted by atomic mass is 35.5. The van der Waals surface area contributed by atoms with Crippen molar-refractivity contribution in [1.82, 2.24) is 18.7 Å². The molecule has 0 bridgehead atoms. The number of methoxy groups -OCH3 is 1. The van der Waals surface area contributed by atoms with Crippen LogP contribution in [0, 0.1) is 6.92 Å². The lowest BCUT2D eigenvalue weighted by atomic mass is 10.1. The first-order chi connectivity index (χ1) is 14.1. The Bertz CT molecular complexity index is 1040. The van der Waals surface area contributed by atoms with Gasteiger partial charge in [0.05, 0.1) is 17.8 Å². The lowest BCUT2D eigenvalue weighted by Gasteiger charge is -2.34. The molecule has 0 N–H and O–H groups in total. The maximum atomic E-state index is 6.34. The Morgan fingerprint density at radius 1 is 1.14 bits per heavy atom. The first-order valence-electron chi connectivity index (χ1n) is 9.96. The standard InChI is InChI=1S/C21H24ClN5OS/c1-14-9-19(28-2)17(22)10-16(14)18-12-26-13-23-20(11-21(26)24-18)25-5-7-27(8-6-25)29-15-3-4-15/h9-13,15H,3-8H2,1-2H3. The second-order valence-electron chi connectivity index (χ2n) is 7.66. The average molecular weight is 430 g/mol. The van der Waals surface area contributed by atoms with E-state index in [2.05, 4.69) is 20.3 Å². The third-order valence-electron chi connectivity index (χ3n) is 5.49. The Morgan fingerprint density at radius 3 is 2.66 bits per heavy atom. The van der Waals surface area contributed by atoms with E-state index in [-0.39, 0.29) is 0 Å². The predicted octanol–water partition coefficient (Wildman–Crippen LogP) is 4.30. The highest BCUT2D eigenvalue weighted by Gasteiger charge is 2.27. The van der Waals surface area contributed by atoms with E-state index in [1.54, 1.807) is 7.11 Å². The smallest absolute Gasteiger partial charge is 0.142 e. The molecule has 3 heterocycles. The van der Waals surface area contributed by atoms with Crippen LogP contribution in [0.25, 0.3) is 16.9 Å². The molecule has 1 saturated heterocycles. The predicted molar refractivity (Wildman–Crippen MR) is 119 cm³/mol. The van der Waals surface area contributed by atoms with Crippen molar-refractivity contribution in [3.05, 3.63) is 41.3 Å². The highest BCUT2D eigenvalue weighted by Crippen LogP contribution is 2.37. The molecule has 1 aliphatic carbocycles. The molecule has 0 radical (unpaired) electrons. The van der Waals surface area contributed by atoms with Crippen molar-refractivity contribution < 1.29 is 4.74 Å². The van der Waals surface area contributed by atoms with Crippen LogP contribution in [0.5, 0.6) is 5.75 Å². The number of benzene rings is 1. The molecule has 0 amide bonds. The summed E-state index contributed by atoms with van der Waals surface area (Å²) >= 11 is 8.38. The van der Waals surface area contributed by atoms with Gasteiger partial charge in [0.2, 0.25) is 0 Å². The summed E-state index contributed by atoms with van der Waals surface area (Å²) in [4.78, 5) is 11.9. The number of hydrogen-bond acceptors (Lipinski definition) is 6. The number of aromatic nitrogens is 3. The van der Waals surface area contributed by atoms with Crippen LogP contribution >= 0.6 is 23.5 Å². The number of hydrogen-bond donors (Lipinski definition) is 0. The van der Waals surface area contributed by atoms with Gasteiger partial charge in [0.1, 0.15) is 23.5 Å². The maximum Gasteiger partial charge on any atom is 0.142 e. The molecule has 2 fully saturated rings. The van der Waals surface area contributed by atoms with Crippen molar-refractivity contribution in [1.29, 1.82) is 0 Å². The Kier molecular flexibility index (Phi) is 5.05. The second-order valence-corrected chi connectivity index (χ2v) is 9.46. The normalized spacial score (nSPS) is 17.8. The van der Waals surface area contributed by atoms with Crippen LogP contribution in [0.3, 0.4) is 0 Å². The molecular formula is C21H24ClN5OS. The first kappa shape index (κ1) is 19.0. The van der Waals surface area contributed by atoms with E-state index in [1.165, 1.54) is 12.8 Å². The molecule has 1 saturated carbocycles. The number of piperazine rings is 1. The molecule has 2 aliphatic rings. The van der Waals surface area contributed by atoms with E-state index in [0.717, 1.165) is 59.7 Å². The van der Waals surface area contributed by atoms with E-state index < -0.39 is 0 Å². The number of fused-ring (bicyclic) bond motifs is 1. The Hall–Kier alpha value is -1.96. The van der Waals surface area contributed by atoms with Crippen LogP contribution in [-0.2, 0) is 0 Å². The van der Waals surface area contributed by atoms with E-state index in [4.69, 9.17) is 21.3 Å². The lowest BCUT2D eigenvalue weighted by Crippen LogP contribution is -2.44. The molecule has 0 atom stereocenters. The van der Waals surface area contributed by atoms with Gasteiger partial charge in [0.15, 0.2) is 0 Å². The van der Waals surface area contributed by atoms with Crippen LogP contribution < -0.4 is 9.64 Å². The van der Waals surface area contributed by atoms with Gasteiger partial charge in [-0.15, -0.1) is 0 Å². The van der Waals surface area contributed by atoms with Gasteiger partial charge < -0.3 is 9.64 Å². The third kappa shape index (κ3) is 3.91. The zero-order valence-corrected chi connectivity index (χ0v) is 18.2. The minimum Gasteiger partial charge on any atom is -0.495 e. The SMILES string of the molecule is COc1cc(C)c(-c2cn3cnc(N4CCN(SC5CC5)CC4)cc3n2)cc1Cl. The van der Waals surface area contributed by atoms with Crippen molar-refractivity contribution >= 4 is 35.0 Å². The number of imidazole rings is 1. The van der Waals surface area contributed by atoms with Crippen molar-refractivity contribution in [3.63, 3.8) is 0 Å². The second kappa shape index (κ2) is 7.70. The Balaban J connectivity index is 1.37. The fraction of sp³-hybridized carbons (Fsp3) is 0.429. The highest BCUT2D eigenvalue weighted by molar-refractivity contribution is 7.97. The number of aryl methyl sites for hydroxylation is 1. The van der Waals surface area contributed by atoms with Crippen molar-refractivity contribution in [2.24, 2.45) is 0 Å². The summed E-state index contributed by atoms with van der Waals surface area (Å²) in [6, 6.07) is 5.95. The summed E-state index contributed by atoms with van der Waals surface area (Å²) < 4.78 is 9.79. The summed E-state index contributed by atoms with van der Waals surface area (Å²) in [7, 11) is 1.63. The number of halogens is 1. The summed E-state index contributed by atoms with van der Waals surface area (Å²) in [6.07, 6.45) is 6.61. The van der Waals surface area contributed by atoms with Crippen LogP contribution in [0.15, 0.2) is 30.7 Å². The zero-order chi connectivity index (χ0) is 20.0. The van der Waals surface area contributed by atoms with Crippen molar-refractivity contribution in [2.45, 2.75) is 25.0 Å². The maximum absolute atomic E-state index is 6.34. The van der Waals surface area contributed by atoms with Gasteiger partial charge >= 0.3 is 0 Å². The molecule has 1 aromatic carbocycles. The van der Waals surface area contributed by atoms with E-state index in [9.17, 15) is 0 Å². The van der Waals surface area contributed by atoms with Gasteiger partial charge in [-0.2, -0.15) is 0 Å². The first-order valence-corrected chi connectivity index (χ1v) is 11.2. The Morgan fingerprint density at radius 2 is 1.93 bits per heavy atom. The number of nitrogens with zero attached hydrogens (tertiary/aromatic N) is 5. The zero-order valence-electron chi connectivity index (χ0n) is 16.6. The molecule has 6 nitrogen and oxygen atoms in total. The molecule has 1 aliphatic heterocycles. The van der Waals surface area contributed by atoms with Crippen LogP contribution in [0.4, 0.5) is 5.82 Å². The minimum absolute atomic E-state index is 0.589. The van der Waals surface area contributed by atoms with E-state index >= 15 is 0 Å². The monoisotopic (exact) mass is 429 g/mol. The van der Waals surface area contributed by atoms with Crippen LogP contribution in [-0.4, -0.2) is 57.2 Å². The van der Waals surface area contributed by atoms with E-state index in [0.29, 0.717) is 10.8 Å². The van der Waals surface area contributed by atoms with Gasteiger partial charge in [0.25, 0.3) is 0 Å². The van der Waals surface area contributed by atoms with Crippen LogP contribution in [0.1, 0.15) is 18.4 Å². The van der Waals surface area contributed by atoms with Crippen molar-refractivity contribution in [3.8, 4) is 17.0 Å². The van der Waals surface area contributed by atoms with Gasteiger partial charge in [-0.3, -0.25) is 4.40 Å². The summed E-state index contributed by atoms with van der Waals surface area (Å²) in [5.41, 5.74) is 3.86. The average Bonchev–Trinajstić information content (AvgIpc) is 3.44. The minimum atomic E-state index is 0.589. The van der Waals surface area contributed by atoms with Gasteiger partial charge in [-0.1, -0.05) is 23.5 Å². The molecule has 5 rings (SSSR count). The molecule has 8 heteroatoms. The molecule has 2 aromatic heterocycles. The summed E-state index contributed by atoms with van der Waals surface area (Å²) in [6.45, 7) is 6.21. The number of ether oxygens (including phenoxy) is 1. The van der Waals surface area contributed by atoms with Crippen LogP contribution in [0.2, 0.25) is 5.02 Å². The fourth-order valence-electron chi connectivity index (χ4n) is 3.68. The number of anilines is 1. The largest absolute Gasteiger partial charge is 0.495 e. The Labute approximate surface area is 180 Å². The number of rotatable bonds is 5. The van der Waals surface area contributed by atoms with E-state index in [1.807, 2.05) is 47.9 Å². The summed E-state index contributed by atoms with van der Waals surface area (Å²) in [5.74, 6) is 1.68. The quantitative estimate of drug-likeness (QED) is 0.563. The third-order valence-corrected chi connectivity index (χ3v) is 7.22.